The second kappa shape index (κ2) is 6.10. The van der Waals surface area contributed by atoms with Gasteiger partial charge in [0.25, 0.3) is 10.0 Å². The molecule has 0 saturated heterocycles. The van der Waals surface area contributed by atoms with E-state index in [1.165, 1.54) is 32.3 Å². The maximum Gasteiger partial charge on any atom is 0.265 e. The van der Waals surface area contributed by atoms with Gasteiger partial charge in [-0.2, -0.15) is 10.4 Å². The quantitative estimate of drug-likeness (QED) is 0.602. The van der Waals surface area contributed by atoms with Gasteiger partial charge in [-0.15, -0.1) is 0 Å². The second-order valence-corrected chi connectivity index (χ2v) is 7.99. The standard InChI is InChI=1S/C16H15FN6O3S/c1-16(2,15(19)24)23-8-10(7-21-23)27(25,26)22-12-4-3-11(17)13-9(5-18)6-20-14(12)13/h3-4,6-8,20,22H,1-2H3,(H2,19,24). The van der Waals surface area contributed by atoms with Gasteiger partial charge in [0.15, 0.2) is 0 Å². The number of nitriles is 1. The Bertz CT molecular complexity index is 1200. The molecule has 0 spiro atoms. The Morgan fingerprint density at radius 3 is 2.78 bits per heavy atom. The molecule has 140 valence electrons. The Kier molecular flexibility index (Phi) is 4.16. The minimum absolute atomic E-state index is 0.0109. The molecule has 2 heterocycles. The van der Waals surface area contributed by atoms with Crippen LogP contribution >= 0.6 is 0 Å². The van der Waals surface area contributed by atoms with E-state index in [4.69, 9.17) is 11.0 Å². The number of nitrogens with two attached hydrogens (primary N) is 1. The molecular formula is C16H15FN6O3S. The number of hydrogen-bond donors (Lipinski definition) is 3. The molecule has 0 fully saturated rings. The van der Waals surface area contributed by atoms with Crippen LogP contribution in [-0.4, -0.2) is 29.1 Å². The highest BCUT2D eigenvalue weighted by atomic mass is 32.2. The van der Waals surface area contributed by atoms with Crippen LogP contribution in [0.3, 0.4) is 0 Å². The number of aromatic amines is 1. The molecule has 0 bridgehead atoms. The van der Waals surface area contributed by atoms with Crippen LogP contribution in [0.4, 0.5) is 10.1 Å². The fraction of sp³-hybridized carbons (Fsp3) is 0.188. The SMILES string of the molecule is CC(C)(C(N)=O)n1cc(S(=O)(=O)Nc2ccc(F)c3c(C#N)c[nH]c23)cn1. The summed E-state index contributed by atoms with van der Waals surface area (Å²) >= 11 is 0. The topological polar surface area (TPSA) is 147 Å². The summed E-state index contributed by atoms with van der Waals surface area (Å²) in [6, 6.07) is 4.14. The molecule has 9 nitrogen and oxygen atoms in total. The first-order valence-corrected chi connectivity index (χ1v) is 9.14. The van der Waals surface area contributed by atoms with E-state index >= 15 is 0 Å². The number of primary amides is 1. The zero-order chi connectivity index (χ0) is 20.0. The van der Waals surface area contributed by atoms with Gasteiger partial charge >= 0.3 is 0 Å². The van der Waals surface area contributed by atoms with Crippen LogP contribution in [-0.2, 0) is 20.4 Å². The van der Waals surface area contributed by atoms with Crippen molar-refractivity contribution in [3.8, 4) is 6.07 Å². The van der Waals surface area contributed by atoms with Crippen molar-refractivity contribution in [3.05, 3.63) is 42.1 Å². The first kappa shape index (κ1) is 18.4. The number of fused-ring (bicyclic) bond motifs is 1. The van der Waals surface area contributed by atoms with Gasteiger partial charge in [-0.3, -0.25) is 14.2 Å². The van der Waals surface area contributed by atoms with Crippen molar-refractivity contribution < 1.29 is 17.6 Å². The maximum absolute atomic E-state index is 14.0. The summed E-state index contributed by atoms with van der Waals surface area (Å²) in [5.74, 6) is -1.33. The van der Waals surface area contributed by atoms with E-state index in [1.807, 2.05) is 6.07 Å². The van der Waals surface area contributed by atoms with Crippen LogP contribution in [0.2, 0.25) is 0 Å². The van der Waals surface area contributed by atoms with E-state index in [9.17, 15) is 17.6 Å². The smallest absolute Gasteiger partial charge is 0.265 e. The Morgan fingerprint density at radius 1 is 1.44 bits per heavy atom. The number of nitrogens with zero attached hydrogens (tertiary/aromatic N) is 3. The lowest BCUT2D eigenvalue weighted by molar-refractivity contribution is -0.125. The summed E-state index contributed by atoms with van der Waals surface area (Å²) < 4.78 is 42.8. The minimum atomic E-state index is -4.09. The van der Waals surface area contributed by atoms with E-state index in [2.05, 4.69) is 14.8 Å². The molecule has 0 aliphatic carbocycles. The Morgan fingerprint density at radius 2 is 2.15 bits per heavy atom. The number of rotatable bonds is 5. The zero-order valence-corrected chi connectivity index (χ0v) is 15.1. The third-order valence-corrected chi connectivity index (χ3v) is 5.51. The monoisotopic (exact) mass is 390 g/mol. The number of hydrogen-bond acceptors (Lipinski definition) is 5. The third-order valence-electron chi connectivity index (χ3n) is 4.19. The lowest BCUT2D eigenvalue weighted by Crippen LogP contribution is -2.41. The molecule has 3 rings (SSSR count). The van der Waals surface area contributed by atoms with Crippen molar-refractivity contribution in [1.82, 2.24) is 14.8 Å². The van der Waals surface area contributed by atoms with Crippen LogP contribution < -0.4 is 10.5 Å². The predicted octanol–water partition coefficient (Wildman–Crippen LogP) is 1.40. The number of sulfonamides is 1. The summed E-state index contributed by atoms with van der Waals surface area (Å²) in [6.07, 6.45) is 3.53. The average molecular weight is 390 g/mol. The number of carbonyl (C=O) groups excluding carboxylic acids is 1. The molecule has 4 N–H and O–H groups in total. The Hall–Kier alpha value is -3.39. The second-order valence-electron chi connectivity index (χ2n) is 6.31. The van der Waals surface area contributed by atoms with Crippen LogP contribution in [0.25, 0.3) is 10.9 Å². The van der Waals surface area contributed by atoms with Crippen LogP contribution in [0.15, 0.2) is 35.6 Å². The molecule has 1 aromatic carbocycles. The van der Waals surface area contributed by atoms with Crippen molar-refractivity contribution in [2.45, 2.75) is 24.3 Å². The fourth-order valence-corrected chi connectivity index (χ4v) is 3.45. The maximum atomic E-state index is 14.0. The van der Waals surface area contributed by atoms with Crippen LogP contribution in [0.1, 0.15) is 19.4 Å². The van der Waals surface area contributed by atoms with Crippen molar-refractivity contribution in [2.75, 3.05) is 4.72 Å². The first-order valence-electron chi connectivity index (χ1n) is 7.65. The molecule has 27 heavy (non-hydrogen) atoms. The van der Waals surface area contributed by atoms with E-state index in [0.717, 1.165) is 16.9 Å². The molecule has 11 heteroatoms. The molecular weight excluding hydrogens is 375 g/mol. The number of H-pyrrole nitrogens is 1. The number of amides is 1. The van der Waals surface area contributed by atoms with Gasteiger partial charge in [-0.25, -0.2) is 12.8 Å². The van der Waals surface area contributed by atoms with Crippen LogP contribution in [0, 0.1) is 17.1 Å². The lowest BCUT2D eigenvalue weighted by Gasteiger charge is -2.20. The van der Waals surface area contributed by atoms with E-state index < -0.39 is 27.3 Å². The molecule has 0 aliphatic rings. The molecule has 0 unspecified atom stereocenters. The number of carbonyl (C=O) groups is 1. The van der Waals surface area contributed by atoms with E-state index in [-0.39, 0.29) is 27.0 Å². The van der Waals surface area contributed by atoms with Crippen molar-refractivity contribution in [3.63, 3.8) is 0 Å². The van der Waals surface area contributed by atoms with Crippen molar-refractivity contribution in [1.29, 1.82) is 5.26 Å². The average Bonchev–Trinajstić information content (AvgIpc) is 3.24. The molecule has 2 aromatic heterocycles. The van der Waals surface area contributed by atoms with Gasteiger partial charge < -0.3 is 10.7 Å². The number of halogens is 1. The van der Waals surface area contributed by atoms with Gasteiger partial charge in [-0.05, 0) is 26.0 Å². The van der Waals surface area contributed by atoms with Gasteiger partial charge in [0.1, 0.15) is 22.3 Å². The molecule has 0 aliphatic heterocycles. The molecule has 0 radical (unpaired) electrons. The van der Waals surface area contributed by atoms with Crippen LogP contribution in [0.5, 0.6) is 0 Å². The van der Waals surface area contributed by atoms with Gasteiger partial charge in [-0.1, -0.05) is 0 Å². The molecule has 1 amide bonds. The number of anilines is 1. The predicted molar refractivity (Wildman–Crippen MR) is 94.5 cm³/mol. The largest absolute Gasteiger partial charge is 0.368 e. The number of benzene rings is 1. The Labute approximate surface area is 153 Å². The van der Waals surface area contributed by atoms with E-state index in [1.54, 1.807) is 0 Å². The Balaban J connectivity index is 2.02. The fourth-order valence-electron chi connectivity index (χ4n) is 2.45. The van der Waals surface area contributed by atoms with Crippen molar-refractivity contribution in [2.24, 2.45) is 5.73 Å². The zero-order valence-electron chi connectivity index (χ0n) is 14.3. The molecule has 0 atom stereocenters. The summed E-state index contributed by atoms with van der Waals surface area (Å²) in [4.78, 5) is 14.0. The molecule has 3 aromatic rings. The highest BCUT2D eigenvalue weighted by Gasteiger charge is 2.30. The van der Waals surface area contributed by atoms with Gasteiger partial charge in [0.2, 0.25) is 5.91 Å². The van der Waals surface area contributed by atoms with E-state index in [0.29, 0.717) is 0 Å². The van der Waals surface area contributed by atoms with Gasteiger partial charge in [0.05, 0.1) is 28.4 Å². The number of aromatic nitrogens is 3. The van der Waals surface area contributed by atoms with Crippen molar-refractivity contribution >= 4 is 32.5 Å². The summed E-state index contributed by atoms with van der Waals surface area (Å²) in [7, 11) is -4.09. The highest BCUT2D eigenvalue weighted by molar-refractivity contribution is 7.92. The highest BCUT2D eigenvalue weighted by Crippen LogP contribution is 2.29. The lowest BCUT2D eigenvalue weighted by atomic mass is 10.1. The number of nitrogens with one attached hydrogen (secondary N) is 2. The first-order chi connectivity index (χ1) is 12.6. The summed E-state index contributed by atoms with van der Waals surface area (Å²) in [5, 5.41) is 12.9. The molecule has 0 saturated carbocycles. The summed E-state index contributed by atoms with van der Waals surface area (Å²) in [6.45, 7) is 3.00. The van der Waals surface area contributed by atoms with Gasteiger partial charge in [0, 0.05) is 12.4 Å². The summed E-state index contributed by atoms with van der Waals surface area (Å²) in [5.41, 5.74) is 4.34. The minimum Gasteiger partial charge on any atom is -0.368 e. The normalized spacial score (nSPS) is 12.1. The third kappa shape index (κ3) is 3.00.